The first kappa shape index (κ1) is 19.5. The van der Waals surface area contributed by atoms with Crippen LogP contribution in [0.2, 0.25) is 5.02 Å². The summed E-state index contributed by atoms with van der Waals surface area (Å²) < 4.78 is 5.00. The van der Waals surface area contributed by atoms with Gasteiger partial charge in [0, 0.05) is 19.1 Å². The molecule has 1 aromatic carbocycles. The topological polar surface area (TPSA) is 87.7 Å². The second-order valence-corrected chi connectivity index (χ2v) is 7.36. The first-order valence-electron chi connectivity index (χ1n) is 9.25. The fourth-order valence-electron chi connectivity index (χ4n) is 3.23. The van der Waals surface area contributed by atoms with Crippen molar-refractivity contribution in [1.29, 1.82) is 0 Å². The number of ether oxygens (including phenoxy) is 1. The van der Waals surface area contributed by atoms with Crippen LogP contribution in [0.25, 0.3) is 0 Å². The van der Waals surface area contributed by atoms with Gasteiger partial charge in [-0.05, 0) is 44.7 Å². The van der Waals surface area contributed by atoms with Gasteiger partial charge in [0.05, 0.1) is 17.3 Å². The molecule has 0 spiro atoms. The molecule has 0 unspecified atom stereocenters. The van der Waals surface area contributed by atoms with Crippen molar-refractivity contribution in [2.24, 2.45) is 5.41 Å². The first-order chi connectivity index (χ1) is 13.0. The van der Waals surface area contributed by atoms with E-state index >= 15 is 0 Å². The summed E-state index contributed by atoms with van der Waals surface area (Å²) in [5.41, 5.74) is -0.511. The smallest absolute Gasteiger partial charge is 0.409 e. The van der Waals surface area contributed by atoms with Gasteiger partial charge in [0.25, 0.3) is 0 Å². The number of carbonyl (C=O) groups is 3. The third-order valence-corrected chi connectivity index (χ3v) is 5.43. The first-order valence-corrected chi connectivity index (χ1v) is 9.62. The Labute approximate surface area is 163 Å². The average molecular weight is 394 g/mol. The van der Waals surface area contributed by atoms with Crippen LogP contribution in [-0.4, -0.2) is 48.5 Å². The van der Waals surface area contributed by atoms with Crippen LogP contribution >= 0.6 is 11.6 Å². The molecule has 0 aromatic heterocycles. The Kier molecular flexibility index (Phi) is 5.89. The minimum absolute atomic E-state index is 0.0474. The third kappa shape index (κ3) is 4.35. The summed E-state index contributed by atoms with van der Waals surface area (Å²) in [5, 5.41) is 6.19. The van der Waals surface area contributed by atoms with Gasteiger partial charge in [-0.25, -0.2) is 4.79 Å². The number of para-hydroxylation sites is 1. The Morgan fingerprint density at radius 3 is 2.44 bits per heavy atom. The predicted molar refractivity (Wildman–Crippen MR) is 102 cm³/mol. The van der Waals surface area contributed by atoms with E-state index in [1.165, 1.54) is 0 Å². The van der Waals surface area contributed by atoms with Gasteiger partial charge >= 0.3 is 6.09 Å². The average Bonchev–Trinajstić information content (AvgIpc) is 3.46. The summed E-state index contributed by atoms with van der Waals surface area (Å²) in [6.07, 6.45) is 2.02. The fraction of sp³-hybridized carbons (Fsp3) is 0.526. The molecular formula is C19H24ClN3O4. The number of hydrogen-bond acceptors (Lipinski definition) is 4. The lowest BCUT2D eigenvalue weighted by molar-refractivity contribution is -0.135. The number of carbonyl (C=O) groups excluding carboxylic acids is 3. The van der Waals surface area contributed by atoms with Crippen LogP contribution in [0.4, 0.5) is 10.5 Å². The maximum atomic E-state index is 12.7. The molecule has 27 heavy (non-hydrogen) atoms. The lowest BCUT2D eigenvalue weighted by atomic mass is 10.0. The number of anilines is 1. The van der Waals surface area contributed by atoms with E-state index in [0.717, 1.165) is 0 Å². The van der Waals surface area contributed by atoms with E-state index in [0.29, 0.717) is 56.1 Å². The number of rotatable bonds is 5. The molecule has 1 aliphatic carbocycles. The highest BCUT2D eigenvalue weighted by Gasteiger charge is 2.57. The molecule has 2 fully saturated rings. The van der Waals surface area contributed by atoms with E-state index < -0.39 is 5.41 Å². The second kappa shape index (κ2) is 8.17. The van der Waals surface area contributed by atoms with Gasteiger partial charge in [0.15, 0.2) is 0 Å². The molecule has 1 aliphatic heterocycles. The Balaban J connectivity index is 1.53. The molecular weight excluding hydrogens is 370 g/mol. The van der Waals surface area contributed by atoms with Gasteiger partial charge < -0.3 is 20.3 Å². The van der Waals surface area contributed by atoms with E-state index in [2.05, 4.69) is 10.6 Å². The van der Waals surface area contributed by atoms with Gasteiger partial charge in [-0.3, -0.25) is 9.59 Å². The van der Waals surface area contributed by atoms with Crippen molar-refractivity contribution in [3.63, 3.8) is 0 Å². The zero-order chi connectivity index (χ0) is 19.4. The van der Waals surface area contributed by atoms with Crippen molar-refractivity contribution in [1.82, 2.24) is 10.2 Å². The van der Waals surface area contributed by atoms with Crippen molar-refractivity contribution < 1.29 is 19.1 Å². The quantitative estimate of drug-likeness (QED) is 0.753. The van der Waals surface area contributed by atoms with Gasteiger partial charge in [0.1, 0.15) is 5.41 Å². The second-order valence-electron chi connectivity index (χ2n) is 6.95. The maximum Gasteiger partial charge on any atom is 0.409 e. The van der Waals surface area contributed by atoms with Crippen LogP contribution in [0, 0.1) is 5.41 Å². The standard InChI is InChI=1S/C19H24ClN3O4/c1-2-27-18(26)23-11-7-13(8-12-23)21-16(24)19(9-10-19)17(25)22-15-6-4-3-5-14(15)20/h3-6,13H,2,7-12H2,1H3,(H,21,24)(H,22,25). The predicted octanol–water partition coefficient (Wildman–Crippen LogP) is 2.80. The number of nitrogens with one attached hydrogen (secondary N) is 2. The molecule has 146 valence electrons. The molecule has 2 N–H and O–H groups in total. The largest absolute Gasteiger partial charge is 0.450 e. The molecule has 0 atom stereocenters. The molecule has 7 nitrogen and oxygen atoms in total. The zero-order valence-corrected chi connectivity index (χ0v) is 16.1. The molecule has 8 heteroatoms. The summed E-state index contributed by atoms with van der Waals surface area (Å²) in [6.45, 7) is 3.18. The number of likely N-dealkylation sites (tertiary alicyclic amines) is 1. The van der Waals surface area contributed by atoms with E-state index in [4.69, 9.17) is 16.3 Å². The van der Waals surface area contributed by atoms with E-state index in [-0.39, 0.29) is 23.9 Å². The number of halogens is 1. The SMILES string of the molecule is CCOC(=O)N1CCC(NC(=O)C2(C(=O)Nc3ccccc3Cl)CC2)CC1. The van der Waals surface area contributed by atoms with Gasteiger partial charge in [-0.15, -0.1) is 0 Å². The minimum Gasteiger partial charge on any atom is -0.450 e. The Morgan fingerprint density at radius 2 is 1.85 bits per heavy atom. The molecule has 3 amide bonds. The lowest BCUT2D eigenvalue weighted by Gasteiger charge is -2.32. The number of amides is 3. The van der Waals surface area contributed by atoms with Crippen LogP contribution in [0.15, 0.2) is 24.3 Å². The molecule has 1 saturated heterocycles. The van der Waals surface area contributed by atoms with Crippen LogP contribution in [0.1, 0.15) is 32.6 Å². The van der Waals surface area contributed by atoms with Crippen molar-refractivity contribution in [3.05, 3.63) is 29.3 Å². The maximum absolute atomic E-state index is 12.7. The van der Waals surface area contributed by atoms with Crippen molar-refractivity contribution in [2.45, 2.75) is 38.6 Å². The minimum atomic E-state index is -1.02. The highest BCUT2D eigenvalue weighted by molar-refractivity contribution is 6.34. The summed E-state index contributed by atoms with van der Waals surface area (Å²) >= 11 is 6.08. The number of hydrogen-bond donors (Lipinski definition) is 2. The van der Waals surface area contributed by atoms with Gasteiger partial charge in [-0.2, -0.15) is 0 Å². The van der Waals surface area contributed by atoms with Gasteiger partial charge in [0.2, 0.25) is 11.8 Å². The molecule has 1 saturated carbocycles. The van der Waals surface area contributed by atoms with Crippen LogP contribution in [0.3, 0.4) is 0 Å². The summed E-state index contributed by atoms with van der Waals surface area (Å²) in [4.78, 5) is 38.7. The van der Waals surface area contributed by atoms with Crippen molar-refractivity contribution in [2.75, 3.05) is 25.0 Å². The molecule has 0 radical (unpaired) electrons. The van der Waals surface area contributed by atoms with Crippen LogP contribution in [0.5, 0.6) is 0 Å². The lowest BCUT2D eigenvalue weighted by Crippen LogP contribution is -2.50. The molecule has 3 rings (SSSR count). The van der Waals surface area contributed by atoms with Gasteiger partial charge in [-0.1, -0.05) is 23.7 Å². The van der Waals surface area contributed by atoms with Crippen LogP contribution in [-0.2, 0) is 14.3 Å². The molecule has 0 bridgehead atoms. The molecule has 2 aliphatic rings. The Morgan fingerprint density at radius 1 is 1.19 bits per heavy atom. The summed E-state index contributed by atoms with van der Waals surface area (Å²) in [7, 11) is 0. The number of benzene rings is 1. The fourth-order valence-corrected chi connectivity index (χ4v) is 3.41. The van der Waals surface area contributed by atoms with Crippen molar-refractivity contribution >= 4 is 35.2 Å². The zero-order valence-electron chi connectivity index (χ0n) is 15.3. The Bertz CT molecular complexity index is 727. The molecule has 1 aromatic rings. The van der Waals surface area contributed by atoms with Crippen LogP contribution < -0.4 is 10.6 Å². The molecule has 1 heterocycles. The normalized spacial score (nSPS) is 18.5. The number of nitrogens with zero attached hydrogens (tertiary/aromatic N) is 1. The number of piperidine rings is 1. The monoisotopic (exact) mass is 393 g/mol. The third-order valence-electron chi connectivity index (χ3n) is 5.10. The Hall–Kier alpha value is -2.28. The van der Waals surface area contributed by atoms with Crippen molar-refractivity contribution in [3.8, 4) is 0 Å². The highest BCUT2D eigenvalue weighted by atomic mass is 35.5. The summed E-state index contributed by atoms with van der Waals surface area (Å²) in [5.74, 6) is -0.571. The van der Waals surface area contributed by atoms with E-state index in [1.54, 1.807) is 36.1 Å². The summed E-state index contributed by atoms with van der Waals surface area (Å²) in [6, 6.07) is 6.90. The van der Waals surface area contributed by atoms with E-state index in [1.807, 2.05) is 0 Å². The highest BCUT2D eigenvalue weighted by Crippen LogP contribution is 2.47. The van der Waals surface area contributed by atoms with E-state index in [9.17, 15) is 14.4 Å².